The summed E-state index contributed by atoms with van der Waals surface area (Å²) in [5, 5.41) is 8.54. The predicted octanol–water partition coefficient (Wildman–Crippen LogP) is 13.6. The van der Waals surface area contributed by atoms with E-state index in [9.17, 15) is 9.59 Å². The van der Waals surface area contributed by atoms with Gasteiger partial charge in [0.25, 0.3) is 0 Å². The Hall–Kier alpha value is -1.10. The van der Waals surface area contributed by atoms with E-state index in [1.807, 2.05) is 0 Å². The number of carboxylic acids is 1. The molecule has 0 aromatic carbocycles. The molecule has 0 aromatic heterocycles. The van der Waals surface area contributed by atoms with Gasteiger partial charge >= 0.3 is 11.9 Å². The molecule has 0 unspecified atom stereocenters. The average molecular weight is 651 g/mol. The number of aliphatic carboxylic acids is 1. The summed E-state index contributed by atoms with van der Waals surface area (Å²) in [6.45, 7) is 7.37. The van der Waals surface area contributed by atoms with Gasteiger partial charge in [-0.3, -0.25) is 0 Å². The van der Waals surface area contributed by atoms with Gasteiger partial charge in [-0.2, -0.15) is 0 Å². The highest BCUT2D eigenvalue weighted by Crippen LogP contribution is 2.35. The molecule has 0 atom stereocenters. The van der Waals surface area contributed by atoms with E-state index >= 15 is 0 Å². The maximum absolute atomic E-state index is 11.4. The molecule has 4 nitrogen and oxygen atoms in total. The number of rotatable bonds is 36. The third-order valence-electron chi connectivity index (χ3n) is 9.89. The fraction of sp³-hybridized carbons (Fsp3) is 0.900. The smallest absolute Gasteiger partial charge is 0.331 e. The zero-order valence-electron chi connectivity index (χ0n) is 30.7. The molecule has 266 valence electrons. The summed E-state index contributed by atoms with van der Waals surface area (Å²) in [6, 6.07) is 6.49. The number of unbranched alkanes of at least 4 members (excludes halogenated alkanes) is 24. The molecule has 0 fully saturated rings. The van der Waals surface area contributed by atoms with Gasteiger partial charge in [-0.05, 0) is 6.42 Å². The highest BCUT2D eigenvalue weighted by atomic mass is 28.3. The highest BCUT2D eigenvalue weighted by molar-refractivity contribution is 6.79. The Morgan fingerprint density at radius 3 is 1.04 bits per heavy atom. The Bertz CT molecular complexity index is 636. The van der Waals surface area contributed by atoms with Crippen LogP contribution in [0, 0.1) is 0 Å². The number of carbonyl (C=O) groups is 2. The molecule has 0 radical (unpaired) electrons. The lowest BCUT2D eigenvalue weighted by Gasteiger charge is -2.33. The molecule has 0 saturated carbocycles. The summed E-state index contributed by atoms with van der Waals surface area (Å²) in [5.74, 6) is -1.69. The Kier molecular flexibility index (Phi) is 33.4. The Morgan fingerprint density at radius 1 is 0.444 bits per heavy atom. The van der Waals surface area contributed by atoms with E-state index in [4.69, 9.17) is 9.84 Å². The molecule has 0 heterocycles. The van der Waals surface area contributed by atoms with Crippen LogP contribution in [0.1, 0.15) is 201 Å². The van der Waals surface area contributed by atoms with Crippen LogP contribution in [0.15, 0.2) is 12.2 Å². The number of carboxylic acid groups (broad SMARTS) is 1. The van der Waals surface area contributed by atoms with Crippen molar-refractivity contribution in [3.8, 4) is 0 Å². The van der Waals surface area contributed by atoms with Crippen LogP contribution >= 0.6 is 0 Å². The summed E-state index contributed by atoms with van der Waals surface area (Å²) < 4.78 is 5.04. The second-order valence-electron chi connectivity index (χ2n) is 14.2. The van der Waals surface area contributed by atoms with Crippen molar-refractivity contribution < 1.29 is 19.4 Å². The molecule has 0 amide bonds. The minimum Gasteiger partial charge on any atom is -0.478 e. The summed E-state index contributed by atoms with van der Waals surface area (Å²) in [6.07, 6.45) is 40.6. The molecule has 0 bridgehead atoms. The predicted molar refractivity (Wildman–Crippen MR) is 199 cm³/mol. The maximum Gasteiger partial charge on any atom is 0.331 e. The first-order valence-corrected chi connectivity index (χ1v) is 22.9. The molecule has 0 aromatic rings. The zero-order chi connectivity index (χ0) is 33.1. The van der Waals surface area contributed by atoms with Crippen LogP contribution < -0.4 is 0 Å². The van der Waals surface area contributed by atoms with Crippen LogP contribution in [0.2, 0.25) is 24.2 Å². The average Bonchev–Trinajstić information content (AvgIpc) is 3.03. The van der Waals surface area contributed by atoms with E-state index in [0.29, 0.717) is 6.61 Å². The van der Waals surface area contributed by atoms with Gasteiger partial charge in [0.15, 0.2) is 0 Å². The lowest BCUT2D eigenvalue weighted by molar-refractivity contribution is -0.138. The standard InChI is InChI=1S/C40H78O4Si/c1-4-7-10-13-23-28-35-45(36-29-24-14-11-8-5-2,37-30-25-15-12-9-6-3)38-31-26-21-19-17-16-18-20-22-27-34-44-40(43)33-32-39(41)42/h32-33H,4-31,34-38H2,1-3H3,(H,41,42)/b33-32+. The van der Waals surface area contributed by atoms with Crippen molar-refractivity contribution in [3.05, 3.63) is 12.2 Å². The van der Waals surface area contributed by atoms with Gasteiger partial charge in [-0.1, -0.05) is 218 Å². The van der Waals surface area contributed by atoms with Gasteiger partial charge in [0.2, 0.25) is 0 Å². The molecule has 5 heteroatoms. The van der Waals surface area contributed by atoms with Crippen molar-refractivity contribution in [1.82, 2.24) is 0 Å². The fourth-order valence-electron chi connectivity index (χ4n) is 6.97. The Labute approximate surface area is 282 Å². The Balaban J connectivity index is 4.48. The highest BCUT2D eigenvalue weighted by Gasteiger charge is 2.30. The molecule has 1 N–H and O–H groups in total. The topological polar surface area (TPSA) is 63.6 Å². The van der Waals surface area contributed by atoms with Gasteiger partial charge in [0, 0.05) is 12.2 Å². The van der Waals surface area contributed by atoms with Crippen molar-refractivity contribution in [2.24, 2.45) is 0 Å². The molecule has 45 heavy (non-hydrogen) atoms. The van der Waals surface area contributed by atoms with Crippen LogP contribution in [-0.4, -0.2) is 31.7 Å². The monoisotopic (exact) mass is 651 g/mol. The Morgan fingerprint density at radius 2 is 0.733 bits per heavy atom. The van der Waals surface area contributed by atoms with E-state index < -0.39 is 20.0 Å². The van der Waals surface area contributed by atoms with Crippen LogP contribution in [-0.2, 0) is 14.3 Å². The number of hydrogen-bond donors (Lipinski definition) is 1. The largest absolute Gasteiger partial charge is 0.478 e. The van der Waals surface area contributed by atoms with Crippen molar-refractivity contribution in [2.75, 3.05) is 6.61 Å². The molecule has 0 rings (SSSR count). The lowest BCUT2D eigenvalue weighted by Crippen LogP contribution is -2.34. The summed E-state index contributed by atoms with van der Waals surface area (Å²) in [7, 11) is -1.18. The van der Waals surface area contributed by atoms with Crippen LogP contribution in [0.4, 0.5) is 0 Å². The van der Waals surface area contributed by atoms with Crippen LogP contribution in [0.5, 0.6) is 0 Å². The number of hydrogen-bond acceptors (Lipinski definition) is 3. The third kappa shape index (κ3) is 31.3. The maximum atomic E-state index is 11.4. The fourth-order valence-corrected chi connectivity index (χ4v) is 12.5. The second-order valence-corrected chi connectivity index (χ2v) is 19.2. The van der Waals surface area contributed by atoms with Gasteiger partial charge in [-0.25, -0.2) is 9.59 Å². The summed E-state index contributed by atoms with van der Waals surface area (Å²) in [5.41, 5.74) is 0. The summed E-state index contributed by atoms with van der Waals surface area (Å²) >= 11 is 0. The molecule has 0 saturated heterocycles. The van der Waals surface area contributed by atoms with Crippen molar-refractivity contribution in [2.45, 2.75) is 225 Å². The molecule has 0 spiro atoms. The van der Waals surface area contributed by atoms with E-state index in [2.05, 4.69) is 20.8 Å². The quantitative estimate of drug-likeness (QED) is 0.0317. The summed E-state index contributed by atoms with van der Waals surface area (Å²) in [4.78, 5) is 21.8. The number of ether oxygens (including phenoxy) is 1. The van der Waals surface area contributed by atoms with Crippen molar-refractivity contribution in [3.63, 3.8) is 0 Å². The van der Waals surface area contributed by atoms with Gasteiger partial charge in [0.1, 0.15) is 0 Å². The first-order valence-electron chi connectivity index (χ1n) is 20.1. The SMILES string of the molecule is CCCCCCCC[Si](CCCCCCCC)(CCCCCCCC)CCCCCCCCCCCCOC(=O)/C=C/C(=O)O. The normalized spacial score (nSPS) is 11.9. The van der Waals surface area contributed by atoms with Gasteiger partial charge < -0.3 is 9.84 Å². The molecular weight excluding hydrogens is 573 g/mol. The first-order chi connectivity index (χ1) is 22.0. The van der Waals surface area contributed by atoms with E-state index in [0.717, 1.165) is 25.0 Å². The molecule has 0 aliphatic rings. The van der Waals surface area contributed by atoms with Crippen LogP contribution in [0.3, 0.4) is 0 Å². The minimum atomic E-state index is -1.18. The van der Waals surface area contributed by atoms with Crippen molar-refractivity contribution >= 4 is 20.0 Å². The lowest BCUT2D eigenvalue weighted by atomic mass is 10.1. The van der Waals surface area contributed by atoms with E-state index in [-0.39, 0.29) is 0 Å². The first kappa shape index (κ1) is 43.9. The van der Waals surface area contributed by atoms with E-state index in [1.165, 1.54) is 167 Å². The number of carbonyl (C=O) groups excluding carboxylic acids is 1. The molecular formula is C40H78O4Si. The van der Waals surface area contributed by atoms with Gasteiger partial charge in [0.05, 0.1) is 14.7 Å². The molecule has 0 aliphatic carbocycles. The zero-order valence-corrected chi connectivity index (χ0v) is 31.7. The minimum absolute atomic E-state index is 0.379. The second kappa shape index (κ2) is 34.2. The third-order valence-corrected chi connectivity index (χ3v) is 15.5. The number of esters is 1. The molecule has 0 aliphatic heterocycles. The van der Waals surface area contributed by atoms with Crippen molar-refractivity contribution in [1.29, 1.82) is 0 Å². The van der Waals surface area contributed by atoms with Gasteiger partial charge in [-0.15, -0.1) is 0 Å². The van der Waals surface area contributed by atoms with E-state index in [1.54, 1.807) is 24.2 Å². The van der Waals surface area contributed by atoms with Crippen LogP contribution in [0.25, 0.3) is 0 Å².